The van der Waals surface area contributed by atoms with Gasteiger partial charge in [0.25, 0.3) is 17.7 Å². The number of hydrogen-bond acceptors (Lipinski definition) is 5. The van der Waals surface area contributed by atoms with E-state index in [2.05, 4.69) is 16.2 Å². The normalized spacial score (nSPS) is 12.3. The van der Waals surface area contributed by atoms with E-state index in [1.54, 1.807) is 36.4 Å². The third-order valence-electron chi connectivity index (χ3n) is 4.39. The third kappa shape index (κ3) is 3.97. The first-order valence-electron chi connectivity index (χ1n) is 8.77. The van der Waals surface area contributed by atoms with E-state index in [9.17, 15) is 14.4 Å². The maximum atomic E-state index is 12.4. The van der Waals surface area contributed by atoms with Gasteiger partial charge in [0.2, 0.25) is 0 Å². The number of thiophene rings is 2. The van der Waals surface area contributed by atoms with Gasteiger partial charge in [0.05, 0.1) is 9.75 Å². The lowest BCUT2D eigenvalue weighted by Crippen LogP contribution is -2.41. The second kappa shape index (κ2) is 7.95. The lowest BCUT2D eigenvalue weighted by atomic mass is 10.2. The summed E-state index contributed by atoms with van der Waals surface area (Å²) in [6.07, 6.45) is 3.16. The van der Waals surface area contributed by atoms with Crippen molar-refractivity contribution in [2.75, 3.05) is 5.32 Å². The number of fused-ring (bicyclic) bond motifs is 1. The molecule has 28 heavy (non-hydrogen) atoms. The van der Waals surface area contributed by atoms with Gasteiger partial charge in [-0.1, -0.05) is 12.1 Å². The number of rotatable bonds is 4. The van der Waals surface area contributed by atoms with E-state index in [4.69, 9.17) is 0 Å². The van der Waals surface area contributed by atoms with E-state index < -0.39 is 5.91 Å². The lowest BCUT2D eigenvalue weighted by Gasteiger charge is -2.08. The van der Waals surface area contributed by atoms with E-state index in [1.165, 1.54) is 33.1 Å². The Labute approximate surface area is 169 Å². The molecule has 8 heteroatoms. The number of carbonyl (C=O) groups is 3. The number of hydrazine groups is 1. The topological polar surface area (TPSA) is 87.3 Å². The number of amides is 3. The highest BCUT2D eigenvalue weighted by Crippen LogP contribution is 2.30. The van der Waals surface area contributed by atoms with Crippen LogP contribution in [0.2, 0.25) is 0 Å². The van der Waals surface area contributed by atoms with Crippen LogP contribution in [0.25, 0.3) is 0 Å². The van der Waals surface area contributed by atoms with Gasteiger partial charge < -0.3 is 5.32 Å². The van der Waals surface area contributed by atoms with Gasteiger partial charge in [-0.05, 0) is 60.5 Å². The maximum absolute atomic E-state index is 12.4. The van der Waals surface area contributed by atoms with Crippen molar-refractivity contribution in [3.05, 3.63) is 73.6 Å². The molecule has 0 radical (unpaired) electrons. The van der Waals surface area contributed by atoms with Crippen LogP contribution in [0.3, 0.4) is 0 Å². The van der Waals surface area contributed by atoms with E-state index >= 15 is 0 Å². The second-order valence-electron chi connectivity index (χ2n) is 6.33. The molecule has 2 aromatic heterocycles. The summed E-state index contributed by atoms with van der Waals surface area (Å²) in [4.78, 5) is 39.2. The molecule has 0 unspecified atom stereocenters. The molecule has 3 amide bonds. The van der Waals surface area contributed by atoms with Gasteiger partial charge in [0.15, 0.2) is 0 Å². The Morgan fingerprint density at radius 1 is 0.857 bits per heavy atom. The number of carbonyl (C=O) groups excluding carboxylic acids is 3. The fourth-order valence-electron chi connectivity index (χ4n) is 3.03. The molecule has 0 saturated carbocycles. The first-order chi connectivity index (χ1) is 13.6. The Morgan fingerprint density at radius 2 is 1.71 bits per heavy atom. The fourth-order valence-corrected chi connectivity index (χ4v) is 4.79. The van der Waals surface area contributed by atoms with Crippen molar-refractivity contribution < 1.29 is 14.4 Å². The van der Waals surface area contributed by atoms with Crippen LogP contribution in [0.4, 0.5) is 5.69 Å². The number of anilines is 1. The molecule has 0 bridgehead atoms. The first kappa shape index (κ1) is 18.4. The average Bonchev–Trinajstić information content (AvgIpc) is 3.43. The molecule has 142 valence electrons. The molecule has 3 aromatic rings. The molecule has 0 spiro atoms. The SMILES string of the molecule is O=C(NNC(=O)c1cc2c(s1)CCC2)c1cccc(NC(=O)c2cccs2)c1. The molecule has 6 nitrogen and oxygen atoms in total. The monoisotopic (exact) mass is 411 g/mol. The smallest absolute Gasteiger partial charge is 0.279 e. The molecule has 4 rings (SSSR count). The molecule has 0 atom stereocenters. The van der Waals surface area contributed by atoms with Gasteiger partial charge >= 0.3 is 0 Å². The van der Waals surface area contributed by atoms with Crippen LogP contribution >= 0.6 is 22.7 Å². The van der Waals surface area contributed by atoms with Gasteiger partial charge in [0.1, 0.15) is 0 Å². The zero-order chi connectivity index (χ0) is 19.5. The Kier molecular flexibility index (Phi) is 5.23. The first-order valence-corrected chi connectivity index (χ1v) is 10.5. The molecule has 0 aliphatic heterocycles. The van der Waals surface area contributed by atoms with Gasteiger partial charge in [-0.2, -0.15) is 0 Å². The third-order valence-corrected chi connectivity index (χ3v) is 6.49. The van der Waals surface area contributed by atoms with Crippen LogP contribution < -0.4 is 16.2 Å². The Bertz CT molecular complexity index is 1020. The highest BCUT2D eigenvalue weighted by Gasteiger charge is 2.19. The van der Waals surface area contributed by atoms with Crippen molar-refractivity contribution >= 4 is 46.1 Å². The molecule has 0 saturated heterocycles. The van der Waals surface area contributed by atoms with Gasteiger partial charge in [-0.3, -0.25) is 25.2 Å². The van der Waals surface area contributed by atoms with Crippen LogP contribution in [-0.2, 0) is 12.8 Å². The van der Waals surface area contributed by atoms with Gasteiger partial charge in [0, 0.05) is 16.1 Å². The van der Waals surface area contributed by atoms with Crippen molar-refractivity contribution in [3.8, 4) is 0 Å². The van der Waals surface area contributed by atoms with Crippen molar-refractivity contribution in [1.29, 1.82) is 0 Å². The second-order valence-corrected chi connectivity index (χ2v) is 8.42. The number of hydrogen-bond donors (Lipinski definition) is 3. The number of benzene rings is 1. The van der Waals surface area contributed by atoms with Crippen molar-refractivity contribution in [1.82, 2.24) is 10.9 Å². The summed E-state index contributed by atoms with van der Waals surface area (Å²) >= 11 is 2.82. The molecule has 2 heterocycles. The van der Waals surface area contributed by atoms with E-state index in [1.807, 2.05) is 11.4 Å². The van der Waals surface area contributed by atoms with Crippen LogP contribution in [0.5, 0.6) is 0 Å². The van der Waals surface area contributed by atoms with Crippen molar-refractivity contribution in [3.63, 3.8) is 0 Å². The molecule has 1 aromatic carbocycles. The molecular formula is C20H17N3O3S2. The van der Waals surface area contributed by atoms with Crippen molar-refractivity contribution in [2.24, 2.45) is 0 Å². The summed E-state index contributed by atoms with van der Waals surface area (Å²) in [5.74, 6) is -1.01. The summed E-state index contributed by atoms with van der Waals surface area (Å²) in [6, 6.07) is 12.0. The van der Waals surface area contributed by atoms with Gasteiger partial charge in [-0.25, -0.2) is 0 Å². The molecular weight excluding hydrogens is 394 g/mol. The summed E-state index contributed by atoms with van der Waals surface area (Å²) in [5, 5.41) is 4.58. The predicted octanol–water partition coefficient (Wildman–Crippen LogP) is 3.63. The summed E-state index contributed by atoms with van der Waals surface area (Å²) in [6.45, 7) is 0. The average molecular weight is 412 g/mol. The lowest BCUT2D eigenvalue weighted by molar-refractivity contribution is 0.0849. The van der Waals surface area contributed by atoms with Crippen LogP contribution in [-0.4, -0.2) is 17.7 Å². The Balaban J connectivity index is 1.36. The van der Waals surface area contributed by atoms with Crippen LogP contribution in [0.15, 0.2) is 47.8 Å². The summed E-state index contributed by atoms with van der Waals surface area (Å²) in [7, 11) is 0. The predicted molar refractivity (Wildman–Crippen MR) is 110 cm³/mol. The Morgan fingerprint density at radius 3 is 2.50 bits per heavy atom. The quantitative estimate of drug-likeness (QED) is 0.573. The maximum Gasteiger partial charge on any atom is 0.279 e. The minimum atomic E-state index is -0.454. The Hall–Kier alpha value is -2.97. The highest BCUT2D eigenvalue weighted by molar-refractivity contribution is 7.14. The number of aryl methyl sites for hydroxylation is 2. The van der Waals surface area contributed by atoms with E-state index in [0.717, 1.165) is 19.3 Å². The van der Waals surface area contributed by atoms with E-state index in [-0.39, 0.29) is 11.8 Å². The summed E-state index contributed by atoms with van der Waals surface area (Å²) < 4.78 is 0. The van der Waals surface area contributed by atoms with Crippen LogP contribution in [0.1, 0.15) is 46.6 Å². The molecule has 1 aliphatic carbocycles. The molecule has 0 fully saturated rings. The zero-order valence-electron chi connectivity index (χ0n) is 14.8. The van der Waals surface area contributed by atoms with Crippen molar-refractivity contribution in [2.45, 2.75) is 19.3 Å². The minimum Gasteiger partial charge on any atom is -0.321 e. The highest BCUT2D eigenvalue weighted by atomic mass is 32.1. The van der Waals surface area contributed by atoms with Gasteiger partial charge in [-0.15, -0.1) is 22.7 Å². The summed E-state index contributed by atoms with van der Waals surface area (Å²) in [5.41, 5.74) is 6.95. The van der Waals surface area contributed by atoms with Crippen LogP contribution in [0, 0.1) is 0 Å². The largest absolute Gasteiger partial charge is 0.321 e. The zero-order valence-corrected chi connectivity index (χ0v) is 16.4. The number of nitrogens with one attached hydrogen (secondary N) is 3. The fraction of sp³-hybridized carbons (Fsp3) is 0.150. The standard InChI is InChI=1S/C20H17N3O3S2/c24-18(22-23-20(26)17-11-12-4-2-7-15(12)28-17)13-5-1-6-14(10-13)21-19(25)16-8-3-9-27-16/h1,3,5-6,8-11H,2,4,7H2,(H,21,25)(H,22,24)(H,23,26). The van der Waals surface area contributed by atoms with E-state index in [0.29, 0.717) is 21.0 Å². The molecule has 3 N–H and O–H groups in total. The minimum absolute atomic E-state index is 0.230. The molecule has 1 aliphatic rings.